The quantitative estimate of drug-likeness (QED) is 0.631. The normalized spacial score (nSPS) is 15.1. The van der Waals surface area contributed by atoms with E-state index in [4.69, 9.17) is 11.0 Å². The molecule has 3 aromatic rings. The summed E-state index contributed by atoms with van der Waals surface area (Å²) in [5.74, 6) is 0. The number of benzene rings is 1. The smallest absolute Gasteiger partial charge is 0.141 e. The minimum atomic E-state index is 0.0285. The molecule has 6 nitrogen and oxygen atoms in total. The summed E-state index contributed by atoms with van der Waals surface area (Å²) in [5.41, 5.74) is 10.2. The first-order valence-corrected chi connectivity index (χ1v) is 9.73. The van der Waals surface area contributed by atoms with Gasteiger partial charge in [-0.1, -0.05) is 18.2 Å². The van der Waals surface area contributed by atoms with Crippen molar-refractivity contribution in [3.63, 3.8) is 0 Å². The molecule has 30 heavy (non-hydrogen) atoms. The second-order valence-electron chi connectivity index (χ2n) is 7.54. The minimum absolute atomic E-state index is 0.0285. The Hall–Kier alpha value is -4.03. The Morgan fingerprint density at radius 1 is 1.20 bits per heavy atom. The molecule has 2 aromatic heterocycles. The van der Waals surface area contributed by atoms with E-state index in [2.05, 4.69) is 27.1 Å². The number of fused-ring (bicyclic) bond motifs is 1. The van der Waals surface area contributed by atoms with Crippen LogP contribution in [0.3, 0.4) is 0 Å². The highest BCUT2D eigenvalue weighted by Gasteiger charge is 2.41. The largest absolute Gasteiger partial charge is 0.404 e. The van der Waals surface area contributed by atoms with Crippen LogP contribution in [0.25, 0.3) is 27.7 Å². The Morgan fingerprint density at radius 3 is 2.80 bits per heavy atom. The van der Waals surface area contributed by atoms with Crippen LogP contribution in [-0.2, 0) is 0 Å². The molecule has 0 spiro atoms. The first kappa shape index (κ1) is 19.3. The van der Waals surface area contributed by atoms with Crippen LogP contribution in [0, 0.1) is 28.1 Å². The molecule has 0 bridgehead atoms. The predicted molar refractivity (Wildman–Crippen MR) is 117 cm³/mol. The summed E-state index contributed by atoms with van der Waals surface area (Å²) in [6.07, 6.45) is 7.59. The summed E-state index contributed by atoms with van der Waals surface area (Å²) in [4.78, 5) is 13.5. The summed E-state index contributed by atoms with van der Waals surface area (Å²) in [7, 11) is 0. The summed E-state index contributed by atoms with van der Waals surface area (Å²) in [6.45, 7) is 0.608. The average Bonchev–Trinajstić information content (AvgIpc) is 3.56. The molecule has 2 N–H and O–H groups in total. The zero-order chi connectivity index (χ0) is 21.0. The third kappa shape index (κ3) is 3.90. The van der Waals surface area contributed by atoms with Gasteiger partial charge in [0.25, 0.3) is 0 Å². The van der Waals surface area contributed by atoms with E-state index in [1.807, 2.05) is 36.4 Å². The molecule has 0 atom stereocenters. The lowest BCUT2D eigenvalue weighted by Gasteiger charge is -2.11. The third-order valence-electron chi connectivity index (χ3n) is 5.45. The Morgan fingerprint density at radius 2 is 2.07 bits per heavy atom. The van der Waals surface area contributed by atoms with E-state index >= 15 is 0 Å². The van der Waals surface area contributed by atoms with Crippen LogP contribution in [0.15, 0.2) is 59.9 Å². The average molecular weight is 392 g/mol. The standard InChI is InChI=1S/C24H20N6/c25-10-9-24(7-8-24)16-28-15-19(13-26)21-6-5-20(14-27)30-23(21)18-4-3-17-2-1-11-29-22(17)12-18/h1-6,11-13,15H,7-9,16,26H2/b19-13+,28-15?. The molecule has 146 valence electrons. The molecular weight excluding hydrogens is 372 g/mol. The van der Waals surface area contributed by atoms with Gasteiger partial charge in [-0.05, 0) is 37.1 Å². The lowest BCUT2D eigenvalue weighted by Crippen LogP contribution is -2.05. The van der Waals surface area contributed by atoms with Crippen LogP contribution in [-0.4, -0.2) is 22.7 Å². The number of nitrogens with zero attached hydrogens (tertiary/aromatic N) is 5. The van der Waals surface area contributed by atoms with Gasteiger partial charge in [0.15, 0.2) is 0 Å². The number of allylic oxidation sites excluding steroid dienone is 1. The molecule has 1 aliphatic carbocycles. The fraction of sp³-hybridized carbons (Fsp3) is 0.208. The molecule has 1 fully saturated rings. The molecule has 0 amide bonds. The van der Waals surface area contributed by atoms with E-state index in [1.165, 1.54) is 6.20 Å². The van der Waals surface area contributed by atoms with E-state index in [0.29, 0.717) is 24.4 Å². The summed E-state index contributed by atoms with van der Waals surface area (Å²) in [6, 6.07) is 17.7. The van der Waals surface area contributed by atoms with E-state index in [1.54, 1.807) is 18.5 Å². The van der Waals surface area contributed by atoms with Crippen molar-refractivity contribution in [2.24, 2.45) is 16.1 Å². The van der Waals surface area contributed by atoms with Crippen LogP contribution >= 0.6 is 0 Å². The van der Waals surface area contributed by atoms with Crippen molar-refractivity contribution >= 4 is 22.7 Å². The second-order valence-corrected chi connectivity index (χ2v) is 7.54. The monoisotopic (exact) mass is 392 g/mol. The van der Waals surface area contributed by atoms with Gasteiger partial charge < -0.3 is 5.73 Å². The van der Waals surface area contributed by atoms with Gasteiger partial charge in [-0.15, -0.1) is 0 Å². The molecule has 6 heteroatoms. The van der Waals surface area contributed by atoms with Crippen molar-refractivity contribution in [1.29, 1.82) is 10.5 Å². The van der Waals surface area contributed by atoms with Gasteiger partial charge in [0, 0.05) is 59.1 Å². The molecule has 0 radical (unpaired) electrons. The summed E-state index contributed by atoms with van der Waals surface area (Å²) < 4.78 is 0. The highest BCUT2D eigenvalue weighted by atomic mass is 14.8. The van der Waals surface area contributed by atoms with Gasteiger partial charge in [-0.2, -0.15) is 10.5 Å². The van der Waals surface area contributed by atoms with Crippen molar-refractivity contribution in [1.82, 2.24) is 9.97 Å². The van der Waals surface area contributed by atoms with E-state index in [0.717, 1.165) is 40.4 Å². The number of rotatable bonds is 6. The van der Waals surface area contributed by atoms with Crippen LogP contribution in [0.4, 0.5) is 0 Å². The van der Waals surface area contributed by atoms with Crippen molar-refractivity contribution < 1.29 is 0 Å². The van der Waals surface area contributed by atoms with Crippen molar-refractivity contribution in [3.8, 4) is 23.4 Å². The summed E-state index contributed by atoms with van der Waals surface area (Å²) in [5, 5.41) is 19.4. The first-order valence-electron chi connectivity index (χ1n) is 9.73. The number of nitriles is 2. The zero-order valence-electron chi connectivity index (χ0n) is 16.4. The van der Waals surface area contributed by atoms with Gasteiger partial charge in [0.05, 0.1) is 17.3 Å². The fourth-order valence-electron chi connectivity index (χ4n) is 3.46. The number of hydrogen-bond donors (Lipinski definition) is 1. The Kier molecular flexibility index (Phi) is 5.24. The maximum Gasteiger partial charge on any atom is 0.141 e. The highest BCUT2D eigenvalue weighted by molar-refractivity contribution is 6.12. The highest BCUT2D eigenvalue weighted by Crippen LogP contribution is 2.48. The number of nitrogens with two attached hydrogens (primary N) is 1. The van der Waals surface area contributed by atoms with Crippen molar-refractivity contribution in [2.75, 3.05) is 6.54 Å². The Bertz CT molecular complexity index is 1240. The topological polar surface area (TPSA) is 112 Å². The van der Waals surface area contributed by atoms with Crippen LogP contribution < -0.4 is 5.73 Å². The summed E-state index contributed by atoms with van der Waals surface area (Å²) >= 11 is 0. The van der Waals surface area contributed by atoms with E-state index < -0.39 is 0 Å². The lowest BCUT2D eigenvalue weighted by atomic mass is 9.98. The Labute approximate surface area is 175 Å². The fourth-order valence-corrected chi connectivity index (χ4v) is 3.46. The predicted octanol–water partition coefficient (Wildman–Crippen LogP) is 4.23. The Balaban J connectivity index is 1.72. The molecule has 0 saturated heterocycles. The SMILES string of the molecule is N#CCC1(CN=C/C(=C\N)c2ccc(C#N)nc2-c2ccc3cccnc3c2)CC1. The van der Waals surface area contributed by atoms with Crippen molar-refractivity contribution in [2.45, 2.75) is 19.3 Å². The van der Waals surface area contributed by atoms with Gasteiger partial charge in [0.2, 0.25) is 0 Å². The zero-order valence-corrected chi connectivity index (χ0v) is 16.4. The molecule has 1 saturated carbocycles. The van der Waals surface area contributed by atoms with E-state index in [9.17, 15) is 5.26 Å². The lowest BCUT2D eigenvalue weighted by molar-refractivity contribution is 0.541. The third-order valence-corrected chi connectivity index (χ3v) is 5.45. The van der Waals surface area contributed by atoms with E-state index in [-0.39, 0.29) is 5.41 Å². The van der Waals surface area contributed by atoms with Gasteiger partial charge in [-0.25, -0.2) is 4.98 Å². The molecule has 0 unspecified atom stereocenters. The first-order chi connectivity index (χ1) is 14.7. The van der Waals surface area contributed by atoms with Gasteiger partial charge in [0.1, 0.15) is 11.8 Å². The number of pyridine rings is 2. The van der Waals surface area contributed by atoms with Crippen LogP contribution in [0.2, 0.25) is 0 Å². The number of aliphatic imine (C=N–C) groups is 1. The minimum Gasteiger partial charge on any atom is -0.404 e. The van der Waals surface area contributed by atoms with Gasteiger partial charge >= 0.3 is 0 Å². The molecule has 1 aromatic carbocycles. The molecule has 0 aliphatic heterocycles. The van der Waals surface area contributed by atoms with Gasteiger partial charge in [-0.3, -0.25) is 9.98 Å². The second kappa shape index (κ2) is 8.14. The molecular formula is C24H20N6. The van der Waals surface area contributed by atoms with Crippen molar-refractivity contribution in [3.05, 3.63) is 66.1 Å². The number of hydrogen-bond acceptors (Lipinski definition) is 6. The van der Waals surface area contributed by atoms with Crippen LogP contribution in [0.5, 0.6) is 0 Å². The molecule has 4 rings (SSSR count). The van der Waals surface area contributed by atoms with Crippen LogP contribution in [0.1, 0.15) is 30.5 Å². The molecule has 1 aliphatic rings. The number of aromatic nitrogens is 2. The maximum atomic E-state index is 9.34. The molecule has 2 heterocycles. The maximum absolute atomic E-state index is 9.34.